The minimum absolute atomic E-state index is 0.0397. The Balaban J connectivity index is 1.22. The normalized spacial score (nSPS) is 17.8. The Labute approximate surface area is 189 Å². The lowest BCUT2D eigenvalue weighted by Crippen LogP contribution is -2.47. The summed E-state index contributed by atoms with van der Waals surface area (Å²) in [7, 11) is 0. The van der Waals surface area contributed by atoms with Crippen LogP contribution in [0.2, 0.25) is 0 Å². The molecule has 2 saturated heterocycles. The maximum atomic E-state index is 12.8. The molecule has 3 amide bonds. The first-order valence-corrected chi connectivity index (χ1v) is 11.6. The number of carbonyl (C=O) groups is 2. The van der Waals surface area contributed by atoms with E-state index in [4.69, 9.17) is 4.74 Å². The number of benzene rings is 1. The average molecular weight is 437 g/mol. The molecule has 7 nitrogen and oxygen atoms in total. The average Bonchev–Trinajstić information content (AvgIpc) is 3.38. The summed E-state index contributed by atoms with van der Waals surface area (Å²) < 4.78 is 5.81. The van der Waals surface area contributed by atoms with Crippen LogP contribution in [0.25, 0.3) is 0 Å². The van der Waals surface area contributed by atoms with E-state index < -0.39 is 0 Å². The molecular formula is C25H32N4O3. The standard InChI is InChI=1S/C25H32N4O3/c1-19(21-6-8-23(9-7-21)32-18-20-5-4-12-26-17-20)27-24(30)22-10-15-29(16-11-22)25(31)28-13-2-3-14-28/h4-9,12,17,19,22H,2-3,10-11,13-16,18H2,1H3,(H,27,30). The maximum absolute atomic E-state index is 12.8. The van der Waals surface area contributed by atoms with Gasteiger partial charge in [0.2, 0.25) is 5.91 Å². The van der Waals surface area contributed by atoms with Crippen LogP contribution in [0.15, 0.2) is 48.8 Å². The van der Waals surface area contributed by atoms with E-state index in [1.54, 1.807) is 12.4 Å². The summed E-state index contributed by atoms with van der Waals surface area (Å²) in [6, 6.07) is 11.8. The van der Waals surface area contributed by atoms with Crippen LogP contribution in [0.1, 0.15) is 49.8 Å². The van der Waals surface area contributed by atoms with Gasteiger partial charge in [-0.1, -0.05) is 18.2 Å². The predicted octanol–water partition coefficient (Wildman–Crippen LogP) is 3.77. The molecule has 3 heterocycles. The highest BCUT2D eigenvalue weighted by Crippen LogP contribution is 2.23. The van der Waals surface area contributed by atoms with Gasteiger partial charge in [0.15, 0.2) is 0 Å². The van der Waals surface area contributed by atoms with Gasteiger partial charge in [0.1, 0.15) is 12.4 Å². The van der Waals surface area contributed by atoms with Crippen molar-refractivity contribution in [2.24, 2.45) is 5.92 Å². The second kappa shape index (κ2) is 10.5. The van der Waals surface area contributed by atoms with E-state index in [9.17, 15) is 9.59 Å². The Morgan fingerprint density at radius 2 is 1.75 bits per heavy atom. The quantitative estimate of drug-likeness (QED) is 0.748. The number of piperidine rings is 1. The molecule has 4 rings (SSSR count). The maximum Gasteiger partial charge on any atom is 0.319 e. The fraction of sp³-hybridized carbons (Fsp3) is 0.480. The van der Waals surface area contributed by atoms with Gasteiger partial charge in [-0.3, -0.25) is 9.78 Å². The van der Waals surface area contributed by atoms with E-state index in [0.29, 0.717) is 19.7 Å². The number of likely N-dealkylation sites (tertiary alicyclic amines) is 2. The second-order valence-corrected chi connectivity index (χ2v) is 8.69. The molecule has 1 aromatic heterocycles. The summed E-state index contributed by atoms with van der Waals surface area (Å²) in [5, 5.41) is 3.14. The van der Waals surface area contributed by atoms with Crippen LogP contribution in [0, 0.1) is 5.92 Å². The van der Waals surface area contributed by atoms with Crippen molar-refractivity contribution in [3.63, 3.8) is 0 Å². The Kier molecular flexibility index (Phi) is 7.24. The minimum atomic E-state index is -0.0841. The van der Waals surface area contributed by atoms with Gasteiger partial charge in [-0.25, -0.2) is 4.79 Å². The Morgan fingerprint density at radius 3 is 2.41 bits per heavy atom. The number of ether oxygens (including phenoxy) is 1. The summed E-state index contributed by atoms with van der Waals surface area (Å²) in [5.41, 5.74) is 2.05. The molecule has 7 heteroatoms. The smallest absolute Gasteiger partial charge is 0.319 e. The van der Waals surface area contributed by atoms with Gasteiger partial charge in [-0.15, -0.1) is 0 Å². The largest absolute Gasteiger partial charge is 0.489 e. The molecule has 2 aromatic rings. The molecule has 0 aliphatic carbocycles. The van der Waals surface area contributed by atoms with Crippen LogP contribution >= 0.6 is 0 Å². The van der Waals surface area contributed by atoms with Gasteiger partial charge >= 0.3 is 6.03 Å². The van der Waals surface area contributed by atoms with Crippen LogP contribution in [-0.4, -0.2) is 52.9 Å². The number of aromatic nitrogens is 1. The van der Waals surface area contributed by atoms with Gasteiger partial charge in [0.05, 0.1) is 6.04 Å². The number of amides is 3. The second-order valence-electron chi connectivity index (χ2n) is 8.69. The first-order chi connectivity index (χ1) is 15.6. The third-order valence-electron chi connectivity index (χ3n) is 6.38. The van der Waals surface area contributed by atoms with Crippen LogP contribution in [0.5, 0.6) is 5.75 Å². The van der Waals surface area contributed by atoms with Crippen LogP contribution in [-0.2, 0) is 11.4 Å². The summed E-state index contributed by atoms with van der Waals surface area (Å²) in [6.07, 6.45) is 7.17. The lowest BCUT2D eigenvalue weighted by Gasteiger charge is -2.34. The highest BCUT2D eigenvalue weighted by Gasteiger charge is 2.30. The molecule has 2 fully saturated rings. The van der Waals surface area contributed by atoms with Crippen molar-refractivity contribution < 1.29 is 14.3 Å². The van der Waals surface area contributed by atoms with Crippen molar-refractivity contribution in [2.75, 3.05) is 26.2 Å². The van der Waals surface area contributed by atoms with E-state index in [1.807, 2.05) is 53.1 Å². The zero-order chi connectivity index (χ0) is 22.3. The summed E-state index contributed by atoms with van der Waals surface area (Å²) in [5.74, 6) is 0.816. The SMILES string of the molecule is CC(NC(=O)C1CCN(C(=O)N2CCCC2)CC1)c1ccc(OCc2cccnc2)cc1. The van der Waals surface area contributed by atoms with E-state index in [0.717, 1.165) is 55.6 Å². The summed E-state index contributed by atoms with van der Waals surface area (Å²) in [4.78, 5) is 33.2. The zero-order valence-electron chi connectivity index (χ0n) is 18.7. The molecule has 1 aromatic carbocycles. The van der Waals surface area contributed by atoms with Crippen molar-refractivity contribution in [1.29, 1.82) is 0 Å². The van der Waals surface area contributed by atoms with Gasteiger partial charge in [0.25, 0.3) is 0 Å². The molecule has 32 heavy (non-hydrogen) atoms. The topological polar surface area (TPSA) is 74.8 Å². The number of hydrogen-bond acceptors (Lipinski definition) is 4. The van der Waals surface area contributed by atoms with Crippen LogP contribution in [0.3, 0.4) is 0 Å². The molecule has 2 aliphatic rings. The molecular weight excluding hydrogens is 404 g/mol. The minimum Gasteiger partial charge on any atom is -0.489 e. The number of pyridine rings is 1. The number of nitrogens with one attached hydrogen (secondary N) is 1. The summed E-state index contributed by atoms with van der Waals surface area (Å²) >= 11 is 0. The number of rotatable bonds is 6. The number of carbonyl (C=O) groups excluding carboxylic acids is 2. The molecule has 0 radical (unpaired) electrons. The molecule has 0 saturated carbocycles. The molecule has 0 spiro atoms. The number of urea groups is 1. The van der Waals surface area contributed by atoms with Crippen molar-refractivity contribution in [1.82, 2.24) is 20.1 Å². The Bertz CT molecular complexity index is 889. The summed E-state index contributed by atoms with van der Waals surface area (Å²) in [6.45, 7) is 5.51. The van der Waals surface area contributed by atoms with E-state index in [1.165, 1.54) is 0 Å². The van der Waals surface area contributed by atoms with E-state index in [2.05, 4.69) is 10.3 Å². The van der Waals surface area contributed by atoms with E-state index >= 15 is 0 Å². The molecule has 2 aliphatic heterocycles. The van der Waals surface area contributed by atoms with E-state index in [-0.39, 0.29) is 23.9 Å². The molecule has 170 valence electrons. The van der Waals surface area contributed by atoms with Crippen molar-refractivity contribution >= 4 is 11.9 Å². The van der Waals surface area contributed by atoms with Crippen LogP contribution < -0.4 is 10.1 Å². The fourth-order valence-corrected chi connectivity index (χ4v) is 4.36. The third-order valence-corrected chi connectivity index (χ3v) is 6.38. The highest BCUT2D eigenvalue weighted by molar-refractivity contribution is 5.80. The fourth-order valence-electron chi connectivity index (χ4n) is 4.36. The zero-order valence-corrected chi connectivity index (χ0v) is 18.7. The van der Waals surface area contributed by atoms with Gasteiger partial charge in [-0.05, 0) is 56.4 Å². The Morgan fingerprint density at radius 1 is 1.06 bits per heavy atom. The first kappa shape index (κ1) is 22.1. The Hall–Kier alpha value is -3.09. The highest BCUT2D eigenvalue weighted by atomic mass is 16.5. The monoisotopic (exact) mass is 436 g/mol. The number of hydrogen-bond donors (Lipinski definition) is 1. The molecule has 1 N–H and O–H groups in total. The molecule has 0 bridgehead atoms. The molecule has 1 atom stereocenters. The van der Waals surface area contributed by atoms with Gasteiger partial charge < -0.3 is 19.9 Å². The molecule has 1 unspecified atom stereocenters. The number of nitrogens with zero attached hydrogens (tertiary/aromatic N) is 3. The predicted molar refractivity (Wildman–Crippen MR) is 122 cm³/mol. The lowest BCUT2D eigenvalue weighted by molar-refractivity contribution is -0.126. The van der Waals surface area contributed by atoms with Crippen LogP contribution in [0.4, 0.5) is 4.79 Å². The van der Waals surface area contributed by atoms with Crippen molar-refractivity contribution in [3.8, 4) is 5.75 Å². The van der Waals surface area contributed by atoms with Crippen molar-refractivity contribution in [2.45, 2.75) is 45.3 Å². The van der Waals surface area contributed by atoms with Gasteiger partial charge in [-0.2, -0.15) is 0 Å². The van der Waals surface area contributed by atoms with Gasteiger partial charge in [0, 0.05) is 50.1 Å². The lowest BCUT2D eigenvalue weighted by atomic mass is 9.95. The van der Waals surface area contributed by atoms with Crippen molar-refractivity contribution in [3.05, 3.63) is 59.9 Å². The third kappa shape index (κ3) is 5.58. The first-order valence-electron chi connectivity index (χ1n) is 11.6.